The summed E-state index contributed by atoms with van der Waals surface area (Å²) in [5.41, 5.74) is 8.00. The van der Waals surface area contributed by atoms with Crippen molar-refractivity contribution in [2.24, 2.45) is 0 Å². The van der Waals surface area contributed by atoms with E-state index in [0.717, 1.165) is 12.2 Å². The average molecular weight is 345 g/mol. The average Bonchev–Trinajstić information content (AvgIpc) is 2.65. The lowest BCUT2D eigenvalue weighted by Gasteiger charge is -2.30. The van der Waals surface area contributed by atoms with Gasteiger partial charge in [-0.25, -0.2) is 0 Å². The number of nitrogens with two attached hydrogens (primary N) is 1. The first-order valence-electron chi connectivity index (χ1n) is 6.04. The van der Waals surface area contributed by atoms with E-state index in [4.69, 9.17) is 5.73 Å². The lowest BCUT2D eigenvalue weighted by molar-refractivity contribution is 0.372. The zero-order valence-corrected chi connectivity index (χ0v) is 12.6. The largest absolute Gasteiger partial charge is 0.399 e. The first kappa shape index (κ1) is 13.0. The summed E-state index contributed by atoms with van der Waals surface area (Å²) in [7, 11) is 4.29. The molecule has 1 aromatic rings. The van der Waals surface area contributed by atoms with Crippen LogP contribution < -0.4 is 10.6 Å². The molecule has 0 aromatic heterocycles. The Morgan fingerprint density at radius 2 is 2.24 bits per heavy atom. The van der Waals surface area contributed by atoms with Gasteiger partial charge < -0.3 is 15.5 Å². The fraction of sp³-hybridized carbons (Fsp3) is 0.538. The van der Waals surface area contributed by atoms with Gasteiger partial charge >= 0.3 is 0 Å². The van der Waals surface area contributed by atoms with Crippen LogP contribution in [0.5, 0.6) is 0 Å². The maximum Gasteiger partial charge on any atom is 0.0506 e. The van der Waals surface area contributed by atoms with Gasteiger partial charge in [-0.1, -0.05) is 0 Å². The predicted octanol–water partition coefficient (Wildman–Crippen LogP) is 2.40. The van der Waals surface area contributed by atoms with E-state index >= 15 is 0 Å². The second-order valence-electron chi connectivity index (χ2n) is 4.96. The Labute approximate surface area is 117 Å². The van der Waals surface area contributed by atoms with E-state index in [1.807, 2.05) is 6.07 Å². The van der Waals surface area contributed by atoms with E-state index in [-0.39, 0.29) is 0 Å². The van der Waals surface area contributed by atoms with Crippen LogP contribution in [0.25, 0.3) is 0 Å². The number of hydrogen-bond donors (Lipinski definition) is 1. The summed E-state index contributed by atoms with van der Waals surface area (Å²) in [6.07, 6.45) is 2.58. The number of nitrogens with zero attached hydrogens (tertiary/aromatic N) is 2. The molecule has 1 aliphatic rings. The third kappa shape index (κ3) is 3.04. The molecule has 2 rings (SSSR count). The van der Waals surface area contributed by atoms with Crippen LogP contribution in [0.2, 0.25) is 0 Å². The molecule has 1 aliphatic heterocycles. The van der Waals surface area contributed by atoms with Crippen molar-refractivity contribution in [3.8, 4) is 0 Å². The smallest absolute Gasteiger partial charge is 0.0506 e. The Hall–Kier alpha value is -0.490. The highest BCUT2D eigenvalue weighted by atomic mass is 127. The fourth-order valence-corrected chi connectivity index (χ4v) is 3.37. The molecule has 0 saturated carbocycles. The Morgan fingerprint density at radius 3 is 2.88 bits per heavy atom. The van der Waals surface area contributed by atoms with Crippen LogP contribution in [0.4, 0.5) is 11.4 Å². The van der Waals surface area contributed by atoms with Crippen LogP contribution >= 0.6 is 22.6 Å². The zero-order chi connectivity index (χ0) is 12.4. The normalized spacial score (nSPS) is 20.2. The minimum absolute atomic E-state index is 0.641. The minimum atomic E-state index is 0.641. The number of anilines is 2. The van der Waals surface area contributed by atoms with Crippen LogP contribution in [0.1, 0.15) is 12.8 Å². The first-order valence-corrected chi connectivity index (χ1v) is 7.12. The Balaban J connectivity index is 2.20. The molecule has 0 spiro atoms. The first-order chi connectivity index (χ1) is 8.08. The molecule has 1 saturated heterocycles. The van der Waals surface area contributed by atoms with Gasteiger partial charge in [0.05, 0.1) is 5.69 Å². The van der Waals surface area contributed by atoms with Crippen LogP contribution in [-0.4, -0.2) is 38.1 Å². The van der Waals surface area contributed by atoms with Gasteiger partial charge in [0.1, 0.15) is 0 Å². The summed E-state index contributed by atoms with van der Waals surface area (Å²) in [6.45, 7) is 2.29. The van der Waals surface area contributed by atoms with E-state index in [9.17, 15) is 0 Å². The van der Waals surface area contributed by atoms with Crippen molar-refractivity contribution in [1.82, 2.24) is 4.90 Å². The summed E-state index contributed by atoms with van der Waals surface area (Å²) in [5, 5.41) is 0. The van der Waals surface area contributed by atoms with Crippen LogP contribution in [0.3, 0.4) is 0 Å². The van der Waals surface area contributed by atoms with Crippen LogP contribution in [-0.2, 0) is 0 Å². The summed E-state index contributed by atoms with van der Waals surface area (Å²) in [5.74, 6) is 0. The van der Waals surface area contributed by atoms with Crippen molar-refractivity contribution in [3.05, 3.63) is 21.8 Å². The lowest BCUT2D eigenvalue weighted by atomic mass is 10.2. The van der Waals surface area contributed by atoms with Gasteiger partial charge in [-0.2, -0.15) is 0 Å². The van der Waals surface area contributed by atoms with Crippen LogP contribution in [0, 0.1) is 3.57 Å². The number of halogens is 1. The number of benzene rings is 1. The molecule has 1 unspecified atom stereocenters. The van der Waals surface area contributed by atoms with Crippen molar-refractivity contribution in [3.63, 3.8) is 0 Å². The van der Waals surface area contributed by atoms with Gasteiger partial charge in [-0.05, 0) is 67.7 Å². The Morgan fingerprint density at radius 1 is 1.47 bits per heavy atom. The van der Waals surface area contributed by atoms with Crippen LogP contribution in [0.15, 0.2) is 18.2 Å². The zero-order valence-electron chi connectivity index (χ0n) is 10.5. The van der Waals surface area contributed by atoms with Gasteiger partial charge in [-0.3, -0.25) is 0 Å². The fourth-order valence-electron chi connectivity index (χ4n) is 2.52. The molecule has 0 bridgehead atoms. The van der Waals surface area contributed by atoms with Crippen molar-refractivity contribution >= 4 is 34.0 Å². The number of hydrogen-bond acceptors (Lipinski definition) is 3. The van der Waals surface area contributed by atoms with Gasteiger partial charge in [-0.15, -0.1) is 0 Å². The van der Waals surface area contributed by atoms with Gasteiger partial charge in [0.15, 0.2) is 0 Å². The quantitative estimate of drug-likeness (QED) is 0.675. The van der Waals surface area contributed by atoms with Gasteiger partial charge in [0.2, 0.25) is 0 Å². The highest BCUT2D eigenvalue weighted by Gasteiger charge is 2.26. The molecule has 0 aliphatic carbocycles. The second kappa shape index (κ2) is 5.44. The molecule has 4 heteroatoms. The Kier molecular flexibility index (Phi) is 4.14. The standard InChI is InChI=1S/C13H20IN3/c1-16(2)9-11-4-3-7-17(11)13-6-5-10(15)8-12(13)14/h5-6,8,11H,3-4,7,9,15H2,1-2H3. The maximum absolute atomic E-state index is 5.81. The van der Waals surface area contributed by atoms with E-state index in [0.29, 0.717) is 6.04 Å². The summed E-state index contributed by atoms with van der Waals surface area (Å²) in [6, 6.07) is 6.86. The summed E-state index contributed by atoms with van der Waals surface area (Å²) >= 11 is 2.38. The highest BCUT2D eigenvalue weighted by molar-refractivity contribution is 14.1. The number of nitrogen functional groups attached to an aromatic ring is 1. The maximum atomic E-state index is 5.81. The predicted molar refractivity (Wildman–Crippen MR) is 82.5 cm³/mol. The highest BCUT2D eigenvalue weighted by Crippen LogP contribution is 2.31. The molecule has 0 radical (unpaired) electrons. The monoisotopic (exact) mass is 345 g/mol. The van der Waals surface area contributed by atoms with E-state index < -0.39 is 0 Å². The molecular formula is C13H20IN3. The molecule has 0 amide bonds. The number of rotatable bonds is 3. The summed E-state index contributed by atoms with van der Waals surface area (Å²) < 4.78 is 1.26. The van der Waals surface area contributed by atoms with E-state index in [1.54, 1.807) is 0 Å². The SMILES string of the molecule is CN(C)CC1CCCN1c1ccc(N)cc1I. The molecule has 17 heavy (non-hydrogen) atoms. The molecule has 1 atom stereocenters. The van der Waals surface area contributed by atoms with Crippen molar-refractivity contribution in [2.45, 2.75) is 18.9 Å². The van der Waals surface area contributed by atoms with Crippen molar-refractivity contribution < 1.29 is 0 Å². The lowest BCUT2D eigenvalue weighted by Crippen LogP contribution is -2.37. The van der Waals surface area contributed by atoms with E-state index in [2.05, 4.69) is 58.6 Å². The molecular weight excluding hydrogens is 325 g/mol. The Bertz CT molecular complexity index is 392. The van der Waals surface area contributed by atoms with Gasteiger partial charge in [0, 0.05) is 28.4 Å². The molecule has 2 N–H and O–H groups in total. The number of likely N-dealkylation sites (N-methyl/N-ethyl adjacent to an activating group) is 1. The summed E-state index contributed by atoms with van der Waals surface area (Å²) in [4.78, 5) is 4.80. The van der Waals surface area contributed by atoms with Crippen molar-refractivity contribution in [1.29, 1.82) is 0 Å². The third-order valence-electron chi connectivity index (χ3n) is 3.23. The second-order valence-corrected chi connectivity index (χ2v) is 6.12. The molecule has 94 valence electrons. The van der Waals surface area contributed by atoms with E-state index in [1.165, 1.54) is 28.6 Å². The van der Waals surface area contributed by atoms with Gasteiger partial charge in [0.25, 0.3) is 0 Å². The third-order valence-corrected chi connectivity index (χ3v) is 4.10. The minimum Gasteiger partial charge on any atom is -0.399 e. The molecule has 1 aromatic carbocycles. The molecule has 1 heterocycles. The van der Waals surface area contributed by atoms with Crippen molar-refractivity contribution in [2.75, 3.05) is 37.8 Å². The molecule has 3 nitrogen and oxygen atoms in total. The topological polar surface area (TPSA) is 32.5 Å². The molecule has 1 fully saturated rings.